The average Bonchev–Trinajstić information content (AvgIpc) is 0.811. The Morgan fingerprint density at radius 3 is 0.385 bits per heavy atom. The van der Waals surface area contributed by atoms with E-state index >= 15 is 0 Å². The van der Waals surface area contributed by atoms with Gasteiger partial charge >= 0.3 is 0 Å². The third-order valence-electron chi connectivity index (χ3n) is 0. The van der Waals surface area contributed by atoms with E-state index in [2.05, 4.69) is 20.8 Å². The summed E-state index contributed by atoms with van der Waals surface area (Å²) in [5, 5.41) is 0. The fourth-order valence-electron chi connectivity index (χ4n) is 0. The summed E-state index contributed by atoms with van der Waals surface area (Å²) in [5.74, 6) is 0.833. The van der Waals surface area contributed by atoms with Crippen LogP contribution in [-0.2, 0) is 0 Å². The van der Waals surface area contributed by atoms with Gasteiger partial charge in [-0.05, 0) is 5.92 Å². The lowest BCUT2D eigenvalue weighted by Crippen LogP contribution is -1.66. The average molecular weight is 238 g/mol. The Morgan fingerprint density at radius 1 is 0.385 bits per heavy atom. The minimum Gasteiger partial charge on any atom is -0.269 e. The highest BCUT2D eigenvalue weighted by Crippen LogP contribution is 1.81. The highest BCUT2D eigenvalue weighted by molar-refractivity contribution is 4.20. The standard InChI is InChI=1S/C4H10.9FH/c1-4(2)3;;;;;;;;;/h4H,1-3H3;9*1H. The van der Waals surface area contributed by atoms with E-state index in [1.807, 2.05) is 0 Å². The second-order valence-electron chi connectivity index (χ2n) is 1.73. The second-order valence-corrected chi connectivity index (χ2v) is 1.73. The Morgan fingerprint density at radius 2 is 0.385 bits per heavy atom. The molecule has 0 aromatic rings. The lowest BCUT2D eigenvalue weighted by atomic mass is 10.3. The van der Waals surface area contributed by atoms with Crippen molar-refractivity contribution >= 4 is 0 Å². The molecule has 0 saturated carbocycles. The van der Waals surface area contributed by atoms with Crippen molar-refractivity contribution in [3.05, 3.63) is 0 Å². The molecule has 13 heavy (non-hydrogen) atoms. The van der Waals surface area contributed by atoms with Crippen LogP contribution in [0, 0.1) is 5.92 Å². The molecule has 0 nitrogen and oxygen atoms in total. The maximum atomic E-state index is 2.17. The van der Waals surface area contributed by atoms with Crippen molar-refractivity contribution in [2.24, 2.45) is 5.92 Å². The van der Waals surface area contributed by atoms with E-state index in [9.17, 15) is 0 Å². The van der Waals surface area contributed by atoms with Gasteiger partial charge in [-0.15, -0.1) is 0 Å². The minimum absolute atomic E-state index is 0. The second kappa shape index (κ2) is 218. The van der Waals surface area contributed by atoms with E-state index in [1.54, 1.807) is 0 Å². The van der Waals surface area contributed by atoms with Gasteiger partial charge in [-0.25, -0.2) is 0 Å². The van der Waals surface area contributed by atoms with E-state index in [-0.39, 0.29) is 42.3 Å². The normalized spacial score (nSPS) is 2.77. The molecule has 0 amide bonds. The van der Waals surface area contributed by atoms with Crippen LogP contribution in [0.25, 0.3) is 0 Å². The maximum Gasteiger partial charge on any atom is -0.0500 e. The zero-order chi connectivity index (χ0) is 3.58. The van der Waals surface area contributed by atoms with Crippen molar-refractivity contribution in [1.82, 2.24) is 0 Å². The van der Waals surface area contributed by atoms with Gasteiger partial charge < -0.3 is 0 Å². The lowest BCUT2D eigenvalue weighted by molar-refractivity contribution is 0.737. The van der Waals surface area contributed by atoms with Crippen LogP contribution in [0.3, 0.4) is 0 Å². The van der Waals surface area contributed by atoms with E-state index in [0.717, 1.165) is 5.92 Å². The largest absolute Gasteiger partial charge is 0.269 e. The molecule has 0 fully saturated rings. The van der Waals surface area contributed by atoms with Gasteiger partial charge in [0.1, 0.15) is 0 Å². The highest BCUT2D eigenvalue weighted by Gasteiger charge is 1.68. The van der Waals surface area contributed by atoms with E-state index in [0.29, 0.717) is 0 Å². The molecule has 0 aliphatic heterocycles. The smallest absolute Gasteiger partial charge is 0.0500 e. The van der Waals surface area contributed by atoms with Crippen LogP contribution in [-0.4, -0.2) is 0 Å². The molecule has 9 heteroatoms. The molecular weight excluding hydrogens is 219 g/mol. The van der Waals surface area contributed by atoms with Gasteiger partial charge in [-0.2, -0.15) is 0 Å². The van der Waals surface area contributed by atoms with Gasteiger partial charge in [0.25, 0.3) is 0 Å². The Hall–Kier alpha value is -0.630. The van der Waals surface area contributed by atoms with Crippen molar-refractivity contribution in [1.29, 1.82) is 0 Å². The van der Waals surface area contributed by atoms with Crippen LogP contribution in [0.15, 0.2) is 0 Å². The van der Waals surface area contributed by atoms with Crippen LogP contribution < -0.4 is 0 Å². The third-order valence-corrected chi connectivity index (χ3v) is 0. The monoisotopic (exact) mass is 238 g/mol. The Bertz CT molecular complexity index is 16.3. The first kappa shape index (κ1) is 285. The number of hydrogen-bond acceptors (Lipinski definition) is 0. The predicted molar refractivity (Wildman–Crippen MR) is 43.0 cm³/mol. The van der Waals surface area contributed by atoms with Crippen molar-refractivity contribution in [2.75, 3.05) is 0 Å². The summed E-state index contributed by atoms with van der Waals surface area (Å²) in [5.41, 5.74) is 0. The Kier molecular flexibility index (Phi) is 4770. The highest BCUT2D eigenvalue weighted by atomic mass is 19.0. The van der Waals surface area contributed by atoms with Crippen LogP contribution >= 0.6 is 0 Å². The van der Waals surface area contributed by atoms with Gasteiger partial charge in [0.2, 0.25) is 0 Å². The van der Waals surface area contributed by atoms with Crippen molar-refractivity contribution < 1.29 is 42.3 Å². The fourth-order valence-corrected chi connectivity index (χ4v) is 0. The zero-order valence-electron chi connectivity index (χ0n) is 7.25. The molecule has 0 rings (SSSR count). The van der Waals surface area contributed by atoms with Crippen LogP contribution in [0.1, 0.15) is 20.8 Å². The molecule has 0 bridgehead atoms. The summed E-state index contributed by atoms with van der Waals surface area (Å²) in [6, 6.07) is 0. The summed E-state index contributed by atoms with van der Waals surface area (Å²) in [4.78, 5) is 0. The van der Waals surface area contributed by atoms with E-state index in [1.165, 1.54) is 0 Å². The lowest BCUT2D eigenvalue weighted by Gasteiger charge is -1.79. The SMILES string of the molecule is CC(C)C.F.F.F.F.F.F.F.F.F. The number of rotatable bonds is 0. The van der Waals surface area contributed by atoms with Gasteiger partial charge in [-0.3, -0.25) is 42.3 Å². The van der Waals surface area contributed by atoms with Gasteiger partial charge in [0.05, 0.1) is 0 Å². The summed E-state index contributed by atoms with van der Waals surface area (Å²) >= 11 is 0. The zero-order valence-corrected chi connectivity index (χ0v) is 7.25. The van der Waals surface area contributed by atoms with E-state index < -0.39 is 0 Å². The number of halogens is 9. The van der Waals surface area contributed by atoms with Crippen molar-refractivity contribution in [3.63, 3.8) is 0 Å². The minimum atomic E-state index is 0. The first-order valence-electron chi connectivity index (χ1n) is 1.73. The van der Waals surface area contributed by atoms with Gasteiger partial charge in [0, 0.05) is 0 Å². The molecule has 0 aliphatic rings. The number of hydrogen-bond donors (Lipinski definition) is 0. The summed E-state index contributed by atoms with van der Waals surface area (Å²) in [7, 11) is 0. The van der Waals surface area contributed by atoms with Gasteiger partial charge in [-0.1, -0.05) is 20.8 Å². The molecule has 0 N–H and O–H groups in total. The molecule has 0 radical (unpaired) electrons. The van der Waals surface area contributed by atoms with Crippen LogP contribution in [0.5, 0.6) is 0 Å². The predicted octanol–water partition coefficient (Wildman–Crippen LogP) is 3.03. The molecule has 0 spiro atoms. The first-order chi connectivity index (χ1) is 1.73. The molecule has 0 atom stereocenters. The summed E-state index contributed by atoms with van der Waals surface area (Å²) in [6.07, 6.45) is 0. The molecule has 98 valence electrons. The fraction of sp³-hybridized carbons (Fsp3) is 1.00. The van der Waals surface area contributed by atoms with E-state index in [4.69, 9.17) is 0 Å². The van der Waals surface area contributed by atoms with Crippen molar-refractivity contribution in [3.8, 4) is 0 Å². The Balaban J connectivity index is -0.00000000125. The topological polar surface area (TPSA) is 0 Å². The molecule has 0 aliphatic carbocycles. The molecule has 0 aromatic carbocycles. The molecule has 0 heterocycles. The molecular formula is C4H19F9. The quantitative estimate of drug-likeness (QED) is 0.569. The Labute approximate surface area is 70.4 Å². The molecule has 0 unspecified atom stereocenters. The first-order valence-corrected chi connectivity index (χ1v) is 1.73. The summed E-state index contributed by atoms with van der Waals surface area (Å²) < 4.78 is 0. The third kappa shape index (κ3) is 2520. The van der Waals surface area contributed by atoms with Crippen LogP contribution in [0.4, 0.5) is 42.3 Å². The van der Waals surface area contributed by atoms with Gasteiger partial charge in [0.15, 0.2) is 0 Å². The summed E-state index contributed by atoms with van der Waals surface area (Å²) in [6.45, 7) is 6.50. The van der Waals surface area contributed by atoms with Crippen LogP contribution in [0.2, 0.25) is 0 Å². The molecule has 0 saturated heterocycles. The van der Waals surface area contributed by atoms with Crippen molar-refractivity contribution in [2.45, 2.75) is 20.8 Å². The molecule has 0 aromatic heterocycles. The maximum absolute atomic E-state index is 2.17.